The van der Waals surface area contributed by atoms with Gasteiger partial charge in [0.2, 0.25) is 0 Å². The van der Waals surface area contributed by atoms with Crippen LogP contribution < -0.4 is 16.6 Å². The average Bonchev–Trinajstić information content (AvgIpc) is 3.47. The molecule has 2 aromatic rings. The normalized spacial score (nSPS) is 30.7. The van der Waals surface area contributed by atoms with Crippen molar-refractivity contribution in [1.82, 2.24) is 24.0 Å². The molecule has 0 bridgehead atoms. The zero-order chi connectivity index (χ0) is 26.1. The van der Waals surface area contributed by atoms with Gasteiger partial charge in [0.15, 0.2) is 17.3 Å². The smallest absolute Gasteiger partial charge is 0.332 e. The molecule has 0 aromatic carbocycles. The minimum atomic E-state index is -3.33. The second-order valence-corrected chi connectivity index (χ2v) is 6.57. The number of nitrogens with zero attached hydrogens (tertiary/aromatic N) is 5. The molecule has 0 radical (unpaired) electrons. The Kier molecular flexibility index (Phi) is 3.51. The molecule has 13 heteroatoms. The van der Waals surface area contributed by atoms with Crippen molar-refractivity contribution < 1.29 is 27.6 Å². The fourth-order valence-electron chi connectivity index (χ4n) is 3.44. The van der Waals surface area contributed by atoms with E-state index in [4.69, 9.17) is 17.7 Å². The summed E-state index contributed by atoms with van der Waals surface area (Å²) < 4.78 is 63.7. The summed E-state index contributed by atoms with van der Waals surface area (Å²) in [7, 11) is 2.47. The minimum Gasteiger partial charge on any atom is -0.371 e. The summed E-state index contributed by atoms with van der Waals surface area (Å²) in [5.74, 6) is 0. The highest BCUT2D eigenvalue weighted by Crippen LogP contribution is 2.28. The number of imidazole rings is 1. The standard InChI is InChI=1S/C16H22N6O7/c1-19-14-11(15(23)20(2)16(19)24)21(8-18-14)5-3-4-17-9-6-27-13-10(29-22(25)26)7-28-12(9)13/h8-10,12-13,17H,3-7H2,1-2H3/t9-,10-,12+,13+/m0/s1/i3D2,4D2,5D2. The van der Waals surface area contributed by atoms with E-state index < -0.39 is 65.6 Å². The number of rotatable bonds is 7. The lowest BCUT2D eigenvalue weighted by atomic mass is 10.1. The fraction of sp³-hybridized carbons (Fsp3) is 0.688. The van der Waals surface area contributed by atoms with Crippen LogP contribution in [0.15, 0.2) is 15.9 Å². The van der Waals surface area contributed by atoms with Crippen LogP contribution in [-0.2, 0) is 34.9 Å². The van der Waals surface area contributed by atoms with E-state index in [1.807, 2.05) is 0 Å². The van der Waals surface area contributed by atoms with Crippen LogP contribution in [0.4, 0.5) is 0 Å². The van der Waals surface area contributed by atoms with Crippen LogP contribution in [-0.4, -0.2) is 67.8 Å². The third-order valence-corrected chi connectivity index (χ3v) is 4.87. The lowest BCUT2D eigenvalue weighted by molar-refractivity contribution is -0.769. The molecule has 2 saturated heterocycles. The molecule has 158 valence electrons. The van der Waals surface area contributed by atoms with Crippen LogP contribution in [0.25, 0.3) is 11.2 Å². The van der Waals surface area contributed by atoms with Crippen LogP contribution in [0.5, 0.6) is 0 Å². The van der Waals surface area contributed by atoms with E-state index in [9.17, 15) is 19.7 Å². The van der Waals surface area contributed by atoms with Gasteiger partial charge in [0.1, 0.15) is 12.2 Å². The summed E-state index contributed by atoms with van der Waals surface area (Å²) in [6.07, 6.45) is -5.36. The quantitative estimate of drug-likeness (QED) is 0.406. The Balaban J connectivity index is 1.65. The van der Waals surface area contributed by atoms with Gasteiger partial charge in [-0.1, -0.05) is 0 Å². The number of nitrogens with one attached hydrogen (secondary N) is 1. The monoisotopic (exact) mass is 416 g/mol. The first-order valence-electron chi connectivity index (χ1n) is 11.6. The van der Waals surface area contributed by atoms with Crippen molar-refractivity contribution in [2.75, 3.05) is 19.7 Å². The molecule has 0 spiro atoms. The van der Waals surface area contributed by atoms with E-state index >= 15 is 0 Å². The van der Waals surface area contributed by atoms with Gasteiger partial charge in [0, 0.05) is 28.8 Å². The van der Waals surface area contributed by atoms with Crippen molar-refractivity contribution in [1.29, 1.82) is 0 Å². The van der Waals surface area contributed by atoms with Crippen molar-refractivity contribution in [3.05, 3.63) is 37.3 Å². The second-order valence-electron chi connectivity index (χ2n) is 6.57. The molecular formula is C16H22N6O7. The third-order valence-electron chi connectivity index (χ3n) is 4.87. The molecule has 13 nitrogen and oxygen atoms in total. The first kappa shape index (κ1) is 13.5. The lowest BCUT2D eigenvalue weighted by Crippen LogP contribution is -2.42. The molecule has 2 aromatic heterocycles. The molecule has 0 aliphatic carbocycles. The maximum atomic E-state index is 12.7. The van der Waals surface area contributed by atoms with Crippen LogP contribution in [0.2, 0.25) is 0 Å². The molecule has 29 heavy (non-hydrogen) atoms. The predicted molar refractivity (Wildman–Crippen MR) is 98.0 cm³/mol. The molecule has 4 atom stereocenters. The van der Waals surface area contributed by atoms with E-state index in [2.05, 4.69) is 15.1 Å². The predicted octanol–water partition coefficient (Wildman–Crippen LogP) is -1.84. The molecule has 2 fully saturated rings. The Labute approximate surface area is 172 Å². The van der Waals surface area contributed by atoms with Crippen molar-refractivity contribution >= 4 is 11.2 Å². The Hall–Kier alpha value is -2.77. The first-order valence-corrected chi connectivity index (χ1v) is 8.57. The van der Waals surface area contributed by atoms with Gasteiger partial charge in [-0.15, -0.1) is 10.1 Å². The van der Waals surface area contributed by atoms with E-state index in [0.29, 0.717) is 9.13 Å². The summed E-state index contributed by atoms with van der Waals surface area (Å²) in [4.78, 5) is 43.9. The van der Waals surface area contributed by atoms with Gasteiger partial charge < -0.3 is 24.2 Å². The van der Waals surface area contributed by atoms with Gasteiger partial charge in [-0.2, -0.15) is 0 Å². The van der Waals surface area contributed by atoms with Crippen molar-refractivity contribution in [3.63, 3.8) is 0 Å². The molecule has 4 rings (SSSR count). The molecule has 1 N–H and O–H groups in total. The van der Waals surface area contributed by atoms with Gasteiger partial charge in [0.05, 0.1) is 25.6 Å². The Morgan fingerprint density at radius 3 is 2.86 bits per heavy atom. The highest BCUT2D eigenvalue weighted by Gasteiger charge is 2.49. The van der Waals surface area contributed by atoms with E-state index in [-0.39, 0.29) is 18.9 Å². The van der Waals surface area contributed by atoms with Gasteiger partial charge >= 0.3 is 5.69 Å². The highest BCUT2D eigenvalue weighted by atomic mass is 17.0. The Morgan fingerprint density at radius 2 is 2.10 bits per heavy atom. The van der Waals surface area contributed by atoms with Gasteiger partial charge in [0.25, 0.3) is 10.6 Å². The summed E-state index contributed by atoms with van der Waals surface area (Å²) in [6, 6.07) is -0.991. The number of fused-ring (bicyclic) bond motifs is 2. The molecule has 4 heterocycles. The summed E-state index contributed by atoms with van der Waals surface area (Å²) >= 11 is 0. The van der Waals surface area contributed by atoms with Crippen LogP contribution in [0.3, 0.4) is 0 Å². The number of ether oxygens (including phenoxy) is 2. The first-order chi connectivity index (χ1) is 16.1. The molecule has 2 aliphatic heterocycles. The minimum absolute atomic E-state index is 0.200. The largest absolute Gasteiger partial charge is 0.371 e. The van der Waals surface area contributed by atoms with Crippen molar-refractivity contribution in [3.8, 4) is 0 Å². The fourth-order valence-corrected chi connectivity index (χ4v) is 3.44. The SMILES string of the molecule is [2H]C([2H])(N[C@H]1CO[C@H]2[C@@H]1OC[C@@H]2O[N+](=O)[O-])C([2H])([2H])C([2H])([2H])n1cnc2c1c(=O)n(C)c(=O)n2C. The topological polar surface area (TPSA) is 145 Å². The van der Waals surface area contributed by atoms with E-state index in [0.717, 1.165) is 10.9 Å². The Bertz CT molecular complexity index is 1290. The summed E-state index contributed by atoms with van der Waals surface area (Å²) in [5, 5.41) is 12.0. The van der Waals surface area contributed by atoms with Gasteiger partial charge in [-0.05, 0) is 12.9 Å². The average molecular weight is 416 g/mol. The summed E-state index contributed by atoms with van der Waals surface area (Å²) in [6.45, 7) is -6.67. The van der Waals surface area contributed by atoms with E-state index in [1.54, 1.807) is 0 Å². The molecule has 0 saturated carbocycles. The second kappa shape index (κ2) is 7.57. The van der Waals surface area contributed by atoms with E-state index in [1.165, 1.54) is 14.1 Å². The molecule has 0 unspecified atom stereocenters. The molecule has 0 amide bonds. The zero-order valence-electron chi connectivity index (χ0n) is 21.4. The Morgan fingerprint density at radius 1 is 1.34 bits per heavy atom. The maximum absolute atomic E-state index is 12.7. The van der Waals surface area contributed by atoms with Gasteiger partial charge in [-0.3, -0.25) is 13.9 Å². The molecular weight excluding hydrogens is 388 g/mol. The number of hydrogen-bond acceptors (Lipinski definition) is 9. The zero-order valence-corrected chi connectivity index (χ0v) is 15.4. The van der Waals surface area contributed by atoms with Crippen molar-refractivity contribution in [2.24, 2.45) is 14.1 Å². The highest BCUT2D eigenvalue weighted by molar-refractivity contribution is 5.69. The van der Waals surface area contributed by atoms with Crippen LogP contribution >= 0.6 is 0 Å². The molecule has 2 aliphatic rings. The number of aryl methyl sites for hydroxylation is 2. The maximum Gasteiger partial charge on any atom is 0.332 e. The van der Waals surface area contributed by atoms with Crippen molar-refractivity contribution in [2.45, 2.75) is 37.2 Å². The van der Waals surface area contributed by atoms with Gasteiger partial charge in [-0.25, -0.2) is 9.78 Å². The third kappa shape index (κ3) is 3.41. The summed E-state index contributed by atoms with van der Waals surface area (Å²) in [5.41, 5.74) is -2.28. The number of aromatic nitrogens is 4. The van der Waals surface area contributed by atoms with Crippen LogP contribution in [0, 0.1) is 10.1 Å². The van der Waals surface area contributed by atoms with Crippen LogP contribution in [0.1, 0.15) is 14.6 Å². The number of hydrogen-bond donors (Lipinski definition) is 1. The lowest BCUT2D eigenvalue weighted by Gasteiger charge is -2.17.